The molecule has 0 saturated carbocycles. The molecule has 0 fully saturated rings. The number of allylic oxidation sites excluding steroid dienone is 2. The fourth-order valence-corrected chi connectivity index (χ4v) is 0.400. The van der Waals surface area contributed by atoms with Gasteiger partial charge in [0.1, 0.15) is 0 Å². The summed E-state index contributed by atoms with van der Waals surface area (Å²) in [5.74, 6) is -0.105. The van der Waals surface area contributed by atoms with Crippen LogP contribution in [-0.4, -0.2) is 5.91 Å². The van der Waals surface area contributed by atoms with Crippen molar-refractivity contribution in [3.8, 4) is 0 Å². The van der Waals surface area contributed by atoms with E-state index in [9.17, 15) is 4.79 Å². The Morgan fingerprint density at radius 2 is 2.50 bits per heavy atom. The van der Waals surface area contributed by atoms with E-state index in [2.05, 4.69) is 11.0 Å². The quantitative estimate of drug-likeness (QED) is 0.444. The Balaban J connectivity index is 2.80. The fraction of sp³-hybridized carbons (Fsp3) is 0. The molecule has 1 amide bonds. The number of carbonyl (C=O) groups excluding carboxylic acids is 1. The summed E-state index contributed by atoms with van der Waals surface area (Å²) >= 11 is 0. The van der Waals surface area contributed by atoms with Gasteiger partial charge in [-0.2, -0.15) is 0 Å². The Morgan fingerprint density at radius 3 is 3.38 bits per heavy atom. The molecular weight excluding hydrogens is 102 g/mol. The molecule has 1 N–H and O–H groups in total. The topological polar surface area (TPSA) is 29.1 Å². The van der Waals surface area contributed by atoms with Crippen LogP contribution in [0.5, 0.6) is 0 Å². The lowest BCUT2D eigenvalue weighted by molar-refractivity contribution is -0.115. The minimum Gasteiger partial charge on any atom is -0.322 e. The molecule has 0 radical (unpaired) electrons. The van der Waals surface area contributed by atoms with Crippen LogP contribution in [0.15, 0.2) is 30.2 Å². The van der Waals surface area contributed by atoms with E-state index >= 15 is 0 Å². The van der Waals surface area contributed by atoms with E-state index in [0.717, 1.165) is 0 Å². The molecule has 1 aliphatic rings. The minimum atomic E-state index is -0.105. The Labute approximate surface area is 47.2 Å². The van der Waals surface area contributed by atoms with Gasteiger partial charge in [-0.05, 0) is 12.2 Å². The molecule has 40 valence electrons. The molecule has 0 aromatic carbocycles. The highest BCUT2D eigenvalue weighted by Crippen LogP contribution is 1.79. The summed E-state index contributed by atoms with van der Waals surface area (Å²) in [5.41, 5.74) is 2.71. The maximum Gasteiger partial charge on any atom is 0.248 e. The van der Waals surface area contributed by atoms with E-state index < -0.39 is 0 Å². The van der Waals surface area contributed by atoms with Crippen molar-refractivity contribution in [2.45, 2.75) is 0 Å². The number of carbonyl (C=O) groups is 1. The first kappa shape index (κ1) is 4.88. The Hall–Kier alpha value is -1.27. The van der Waals surface area contributed by atoms with E-state index in [4.69, 9.17) is 0 Å². The standard InChI is InChI=1S/C6H5NO/c8-6-4-2-1-3-5-7-6/h1-2,4-5H,(H,7,8). The third-order valence-electron chi connectivity index (χ3n) is 0.738. The van der Waals surface area contributed by atoms with Crippen LogP contribution in [0.3, 0.4) is 0 Å². The summed E-state index contributed by atoms with van der Waals surface area (Å²) in [6, 6.07) is 0. The van der Waals surface area contributed by atoms with Gasteiger partial charge in [-0.1, -0.05) is 0 Å². The van der Waals surface area contributed by atoms with Crippen molar-refractivity contribution >= 4 is 5.91 Å². The van der Waals surface area contributed by atoms with Gasteiger partial charge >= 0.3 is 0 Å². The molecule has 0 bridgehead atoms. The molecule has 2 heteroatoms. The maximum atomic E-state index is 10.4. The molecule has 0 spiro atoms. The van der Waals surface area contributed by atoms with Crippen molar-refractivity contribution in [3.05, 3.63) is 30.2 Å². The molecule has 1 heterocycles. The predicted molar refractivity (Wildman–Crippen MR) is 29.9 cm³/mol. The molecule has 1 aliphatic heterocycles. The predicted octanol–water partition coefficient (Wildman–Crippen LogP) is 0.341. The first-order valence-electron chi connectivity index (χ1n) is 2.28. The van der Waals surface area contributed by atoms with Gasteiger partial charge in [-0.3, -0.25) is 4.79 Å². The monoisotopic (exact) mass is 107 g/mol. The smallest absolute Gasteiger partial charge is 0.248 e. The summed E-state index contributed by atoms with van der Waals surface area (Å²) < 4.78 is 0. The van der Waals surface area contributed by atoms with Gasteiger partial charge in [0.15, 0.2) is 0 Å². The van der Waals surface area contributed by atoms with E-state index in [-0.39, 0.29) is 5.91 Å². The van der Waals surface area contributed by atoms with Crippen LogP contribution in [0.4, 0.5) is 0 Å². The second-order valence-corrected chi connectivity index (χ2v) is 1.35. The van der Waals surface area contributed by atoms with Crippen LogP contribution in [0.2, 0.25) is 0 Å². The van der Waals surface area contributed by atoms with Crippen molar-refractivity contribution in [2.24, 2.45) is 0 Å². The van der Waals surface area contributed by atoms with Gasteiger partial charge in [0, 0.05) is 12.3 Å². The van der Waals surface area contributed by atoms with Gasteiger partial charge < -0.3 is 5.32 Å². The zero-order valence-electron chi connectivity index (χ0n) is 4.22. The first-order chi connectivity index (χ1) is 3.89. The zero-order valence-corrected chi connectivity index (χ0v) is 4.22. The maximum absolute atomic E-state index is 10.4. The van der Waals surface area contributed by atoms with Gasteiger partial charge in [0.25, 0.3) is 0 Å². The highest BCUT2D eigenvalue weighted by Gasteiger charge is 1.87. The van der Waals surface area contributed by atoms with E-state index in [0.29, 0.717) is 0 Å². The third kappa shape index (κ3) is 1.10. The molecule has 0 atom stereocenters. The van der Waals surface area contributed by atoms with Crippen LogP contribution in [0.1, 0.15) is 0 Å². The molecule has 0 aromatic heterocycles. The molecule has 0 aromatic rings. The number of hydrogen-bond donors (Lipinski definition) is 1. The van der Waals surface area contributed by atoms with Crippen LogP contribution in [0.25, 0.3) is 0 Å². The van der Waals surface area contributed by atoms with Crippen LogP contribution >= 0.6 is 0 Å². The highest BCUT2D eigenvalue weighted by molar-refractivity contribution is 5.88. The average Bonchev–Trinajstić information content (AvgIpc) is 1.94. The van der Waals surface area contributed by atoms with Crippen molar-refractivity contribution in [1.29, 1.82) is 0 Å². The van der Waals surface area contributed by atoms with E-state index in [1.165, 1.54) is 12.3 Å². The molecule has 8 heavy (non-hydrogen) atoms. The molecular formula is C6H5NO. The van der Waals surface area contributed by atoms with Crippen molar-refractivity contribution in [3.63, 3.8) is 0 Å². The lowest BCUT2D eigenvalue weighted by Crippen LogP contribution is -2.11. The van der Waals surface area contributed by atoms with Crippen molar-refractivity contribution in [2.75, 3.05) is 0 Å². The average molecular weight is 107 g/mol. The summed E-state index contributed by atoms with van der Waals surface area (Å²) in [4.78, 5) is 10.4. The lowest BCUT2D eigenvalue weighted by atomic mass is 10.5. The Kier molecular flexibility index (Phi) is 1.31. The first-order valence-corrected chi connectivity index (χ1v) is 2.28. The van der Waals surface area contributed by atoms with Crippen LogP contribution < -0.4 is 5.32 Å². The Morgan fingerprint density at radius 1 is 1.62 bits per heavy atom. The second kappa shape index (κ2) is 2.15. The minimum absolute atomic E-state index is 0.105. The number of rotatable bonds is 0. The second-order valence-electron chi connectivity index (χ2n) is 1.35. The number of hydrogen-bond acceptors (Lipinski definition) is 1. The van der Waals surface area contributed by atoms with Crippen LogP contribution in [0, 0.1) is 0 Å². The SMILES string of the molecule is O=C1C=CC=C=CN1. The van der Waals surface area contributed by atoms with Crippen LogP contribution in [-0.2, 0) is 4.79 Å². The van der Waals surface area contributed by atoms with Gasteiger partial charge in [0.2, 0.25) is 5.91 Å². The fourth-order valence-electron chi connectivity index (χ4n) is 0.400. The molecule has 0 saturated heterocycles. The number of nitrogens with one attached hydrogen (secondary N) is 1. The Bertz CT molecular complexity index is 185. The summed E-state index contributed by atoms with van der Waals surface area (Å²) in [6.45, 7) is 0. The zero-order chi connectivity index (χ0) is 5.82. The van der Waals surface area contributed by atoms with Crippen molar-refractivity contribution in [1.82, 2.24) is 5.32 Å². The lowest BCUT2D eigenvalue weighted by Gasteiger charge is -1.84. The largest absolute Gasteiger partial charge is 0.322 e. The highest BCUT2D eigenvalue weighted by atomic mass is 16.1. The van der Waals surface area contributed by atoms with Gasteiger partial charge in [0.05, 0.1) is 0 Å². The molecule has 0 aliphatic carbocycles. The molecule has 0 unspecified atom stereocenters. The summed E-state index contributed by atoms with van der Waals surface area (Å²) in [7, 11) is 0. The van der Waals surface area contributed by atoms with Gasteiger partial charge in [-0.15, -0.1) is 5.73 Å². The summed E-state index contributed by atoms with van der Waals surface area (Å²) in [6.07, 6.45) is 6.22. The normalized spacial score (nSPS) is 15.8. The molecule has 1 rings (SSSR count). The molecule has 2 nitrogen and oxygen atoms in total. The van der Waals surface area contributed by atoms with Gasteiger partial charge in [-0.25, -0.2) is 0 Å². The summed E-state index contributed by atoms with van der Waals surface area (Å²) in [5, 5.41) is 2.45. The van der Waals surface area contributed by atoms with E-state index in [1.807, 2.05) is 0 Å². The van der Waals surface area contributed by atoms with Crippen molar-refractivity contribution < 1.29 is 4.79 Å². The van der Waals surface area contributed by atoms with E-state index in [1.54, 1.807) is 12.2 Å². The third-order valence-corrected chi connectivity index (χ3v) is 0.738. The number of amides is 1.